The lowest BCUT2D eigenvalue weighted by Crippen LogP contribution is -2.36. The van der Waals surface area contributed by atoms with Crippen LogP contribution in [0.25, 0.3) is 0 Å². The smallest absolute Gasteiger partial charge is 0.0959 e. The van der Waals surface area contributed by atoms with Crippen LogP contribution in [0.15, 0.2) is 24.3 Å². The van der Waals surface area contributed by atoms with Crippen LogP contribution in [0.2, 0.25) is 0 Å². The molecule has 1 aliphatic heterocycles. The minimum atomic E-state index is -0.135. The van der Waals surface area contributed by atoms with Crippen molar-refractivity contribution in [2.75, 3.05) is 0 Å². The van der Waals surface area contributed by atoms with Crippen molar-refractivity contribution in [3.05, 3.63) is 35.4 Å². The van der Waals surface area contributed by atoms with Crippen molar-refractivity contribution in [3.63, 3.8) is 0 Å². The fourth-order valence-electron chi connectivity index (χ4n) is 2.03. The molecule has 2 rings (SSSR count). The van der Waals surface area contributed by atoms with Gasteiger partial charge in [0.2, 0.25) is 0 Å². The van der Waals surface area contributed by atoms with E-state index >= 15 is 0 Å². The average molecular weight is 190 g/mol. The summed E-state index contributed by atoms with van der Waals surface area (Å²) >= 11 is 0. The molecule has 1 unspecified atom stereocenters. The molecule has 1 aromatic rings. The SMILES string of the molecule is CC(C)(C)C1(C)OCc2ccccc21. The fraction of sp³-hybridized carbons (Fsp3) is 0.538. The van der Waals surface area contributed by atoms with Crippen LogP contribution in [0.1, 0.15) is 38.8 Å². The van der Waals surface area contributed by atoms with Gasteiger partial charge < -0.3 is 4.74 Å². The number of hydrogen-bond acceptors (Lipinski definition) is 1. The highest BCUT2D eigenvalue weighted by atomic mass is 16.5. The van der Waals surface area contributed by atoms with Gasteiger partial charge in [-0.15, -0.1) is 0 Å². The van der Waals surface area contributed by atoms with Crippen LogP contribution in [0.5, 0.6) is 0 Å². The summed E-state index contributed by atoms with van der Waals surface area (Å²) in [5.41, 5.74) is 2.70. The second-order valence-corrected chi connectivity index (χ2v) is 5.23. The molecule has 0 amide bonds. The van der Waals surface area contributed by atoms with E-state index < -0.39 is 0 Å². The van der Waals surface area contributed by atoms with Crippen LogP contribution >= 0.6 is 0 Å². The number of fused-ring (bicyclic) bond motifs is 1. The topological polar surface area (TPSA) is 9.23 Å². The summed E-state index contributed by atoms with van der Waals surface area (Å²) < 4.78 is 5.98. The van der Waals surface area contributed by atoms with Gasteiger partial charge in [-0.1, -0.05) is 45.0 Å². The first-order valence-electron chi connectivity index (χ1n) is 5.17. The van der Waals surface area contributed by atoms with Gasteiger partial charge in [0.1, 0.15) is 0 Å². The normalized spacial score (nSPS) is 26.3. The standard InChI is InChI=1S/C13H18O/c1-12(2,3)13(4)11-8-6-5-7-10(11)9-14-13/h5-8H,9H2,1-4H3. The molecule has 0 saturated heterocycles. The molecule has 0 aromatic heterocycles. The number of ether oxygens (including phenoxy) is 1. The third-order valence-electron chi connectivity index (χ3n) is 3.48. The number of hydrogen-bond donors (Lipinski definition) is 0. The van der Waals surface area contributed by atoms with Gasteiger partial charge in [0.25, 0.3) is 0 Å². The minimum Gasteiger partial charge on any atom is -0.365 e. The highest BCUT2D eigenvalue weighted by Gasteiger charge is 2.44. The van der Waals surface area contributed by atoms with E-state index in [1.165, 1.54) is 11.1 Å². The van der Waals surface area contributed by atoms with Gasteiger partial charge in [-0.25, -0.2) is 0 Å². The Kier molecular flexibility index (Phi) is 1.97. The van der Waals surface area contributed by atoms with E-state index in [0.717, 1.165) is 6.61 Å². The molecule has 76 valence electrons. The van der Waals surface area contributed by atoms with Crippen molar-refractivity contribution in [3.8, 4) is 0 Å². The van der Waals surface area contributed by atoms with Gasteiger partial charge >= 0.3 is 0 Å². The van der Waals surface area contributed by atoms with Crippen molar-refractivity contribution in [1.82, 2.24) is 0 Å². The van der Waals surface area contributed by atoms with Crippen LogP contribution in [0.3, 0.4) is 0 Å². The van der Waals surface area contributed by atoms with E-state index in [4.69, 9.17) is 4.74 Å². The molecule has 0 spiro atoms. The Morgan fingerprint density at radius 1 is 1.21 bits per heavy atom. The summed E-state index contributed by atoms with van der Waals surface area (Å²) in [4.78, 5) is 0. The van der Waals surface area contributed by atoms with Gasteiger partial charge in [0.05, 0.1) is 12.2 Å². The molecule has 1 nitrogen and oxygen atoms in total. The van der Waals surface area contributed by atoms with E-state index in [-0.39, 0.29) is 11.0 Å². The van der Waals surface area contributed by atoms with E-state index in [1.807, 2.05) is 0 Å². The molecule has 14 heavy (non-hydrogen) atoms. The highest BCUT2D eigenvalue weighted by molar-refractivity contribution is 5.36. The quantitative estimate of drug-likeness (QED) is 0.608. The second kappa shape index (κ2) is 2.83. The lowest BCUT2D eigenvalue weighted by Gasteiger charge is -2.38. The van der Waals surface area contributed by atoms with E-state index in [9.17, 15) is 0 Å². The molecule has 0 radical (unpaired) electrons. The summed E-state index contributed by atoms with van der Waals surface area (Å²) in [6.07, 6.45) is 0. The molecule has 1 heteroatoms. The molecular weight excluding hydrogens is 172 g/mol. The third-order valence-corrected chi connectivity index (χ3v) is 3.48. The average Bonchev–Trinajstić information content (AvgIpc) is 2.45. The van der Waals surface area contributed by atoms with Crippen LogP contribution in [-0.2, 0) is 16.9 Å². The van der Waals surface area contributed by atoms with Crippen molar-refractivity contribution in [2.45, 2.75) is 39.9 Å². The first-order chi connectivity index (χ1) is 6.45. The molecule has 0 fully saturated rings. The van der Waals surface area contributed by atoms with E-state index in [0.29, 0.717) is 0 Å². The van der Waals surface area contributed by atoms with Crippen molar-refractivity contribution < 1.29 is 4.74 Å². The Labute approximate surface area is 86.1 Å². The summed E-state index contributed by atoms with van der Waals surface area (Å²) in [5.74, 6) is 0. The van der Waals surface area contributed by atoms with Crippen LogP contribution < -0.4 is 0 Å². The summed E-state index contributed by atoms with van der Waals surface area (Å²) in [5, 5.41) is 0. The maximum Gasteiger partial charge on any atom is 0.0959 e. The summed E-state index contributed by atoms with van der Waals surface area (Å²) in [6, 6.07) is 8.52. The predicted octanol–water partition coefficient (Wildman–Crippen LogP) is 3.48. The van der Waals surface area contributed by atoms with E-state index in [1.54, 1.807) is 0 Å². The first kappa shape index (κ1) is 9.72. The van der Waals surface area contributed by atoms with Gasteiger partial charge in [-0.3, -0.25) is 0 Å². The second-order valence-electron chi connectivity index (χ2n) is 5.23. The van der Waals surface area contributed by atoms with Gasteiger partial charge in [-0.05, 0) is 23.5 Å². The van der Waals surface area contributed by atoms with Crippen LogP contribution in [0, 0.1) is 5.41 Å². The zero-order valence-corrected chi connectivity index (χ0v) is 9.42. The maximum absolute atomic E-state index is 5.98. The molecule has 1 atom stereocenters. The van der Waals surface area contributed by atoms with Crippen molar-refractivity contribution in [2.24, 2.45) is 5.41 Å². The lowest BCUT2D eigenvalue weighted by atomic mass is 9.73. The predicted molar refractivity (Wildman–Crippen MR) is 58.0 cm³/mol. The maximum atomic E-state index is 5.98. The molecule has 1 aromatic carbocycles. The zero-order chi connectivity index (χ0) is 10.4. The summed E-state index contributed by atoms with van der Waals surface area (Å²) in [7, 11) is 0. The molecule has 0 aliphatic carbocycles. The molecule has 0 N–H and O–H groups in total. The molecular formula is C13H18O. The fourth-order valence-corrected chi connectivity index (χ4v) is 2.03. The molecule has 0 bridgehead atoms. The highest BCUT2D eigenvalue weighted by Crippen LogP contribution is 2.47. The van der Waals surface area contributed by atoms with Crippen LogP contribution in [0.4, 0.5) is 0 Å². The monoisotopic (exact) mass is 190 g/mol. The Morgan fingerprint density at radius 3 is 2.50 bits per heavy atom. The number of benzene rings is 1. The molecule has 1 heterocycles. The van der Waals surface area contributed by atoms with Crippen molar-refractivity contribution in [1.29, 1.82) is 0 Å². The zero-order valence-electron chi connectivity index (χ0n) is 9.42. The minimum absolute atomic E-state index is 0.135. The third kappa shape index (κ3) is 1.19. The Hall–Kier alpha value is -0.820. The largest absolute Gasteiger partial charge is 0.365 e. The van der Waals surface area contributed by atoms with Crippen molar-refractivity contribution >= 4 is 0 Å². The molecule has 0 saturated carbocycles. The van der Waals surface area contributed by atoms with Crippen LogP contribution in [-0.4, -0.2) is 0 Å². The molecule has 1 aliphatic rings. The first-order valence-corrected chi connectivity index (χ1v) is 5.17. The van der Waals surface area contributed by atoms with Gasteiger partial charge in [-0.2, -0.15) is 0 Å². The Bertz CT molecular complexity index is 348. The summed E-state index contributed by atoms with van der Waals surface area (Å²) in [6.45, 7) is 9.64. The Morgan fingerprint density at radius 2 is 1.86 bits per heavy atom. The van der Waals surface area contributed by atoms with Gasteiger partial charge in [0.15, 0.2) is 0 Å². The Balaban J connectivity index is 2.53. The number of rotatable bonds is 0. The van der Waals surface area contributed by atoms with Gasteiger partial charge in [0, 0.05) is 0 Å². The van der Waals surface area contributed by atoms with E-state index in [2.05, 4.69) is 52.0 Å². The lowest BCUT2D eigenvalue weighted by molar-refractivity contribution is -0.0992.